The Hall–Kier alpha value is -3.05. The predicted octanol–water partition coefficient (Wildman–Crippen LogP) is 3.73. The van der Waals surface area contributed by atoms with E-state index < -0.39 is 10.0 Å². The fraction of sp³-hybridized carbons (Fsp3) is 0.333. The number of benzene rings is 2. The zero-order valence-electron chi connectivity index (χ0n) is 19.6. The Morgan fingerprint density at radius 3 is 2.44 bits per heavy atom. The molecule has 0 spiro atoms. The summed E-state index contributed by atoms with van der Waals surface area (Å²) in [4.78, 5) is 11.3. The normalized spacial score (nSPS) is 11.5. The van der Waals surface area contributed by atoms with Crippen molar-refractivity contribution in [3.8, 4) is 11.1 Å². The number of ether oxygens (including phenoxy) is 3. The minimum Gasteiger partial charge on any atom is -0.382 e. The first-order chi connectivity index (χ1) is 16.3. The molecule has 34 heavy (non-hydrogen) atoms. The van der Waals surface area contributed by atoms with Crippen molar-refractivity contribution in [1.82, 2.24) is 5.16 Å². The van der Waals surface area contributed by atoms with E-state index >= 15 is 0 Å². The minimum absolute atomic E-state index is 0.0509. The molecule has 0 bridgehead atoms. The molecule has 0 saturated carbocycles. The van der Waals surface area contributed by atoms with Crippen molar-refractivity contribution in [3.63, 3.8) is 0 Å². The maximum Gasteiger partial charge on any atom is 0.269 e. The van der Waals surface area contributed by atoms with Crippen molar-refractivity contribution >= 4 is 22.2 Å². The summed E-state index contributed by atoms with van der Waals surface area (Å²) in [6, 6.07) is 11.7. The summed E-state index contributed by atoms with van der Waals surface area (Å²) in [6.07, 6.45) is 0.736. The minimum atomic E-state index is -4.15. The van der Waals surface area contributed by atoms with Crippen LogP contribution >= 0.6 is 0 Å². The van der Waals surface area contributed by atoms with Gasteiger partial charge in [-0.3, -0.25) is 4.79 Å². The molecule has 0 amide bonds. The van der Waals surface area contributed by atoms with Gasteiger partial charge >= 0.3 is 0 Å². The molecule has 0 aliphatic heterocycles. The molecule has 1 heterocycles. The second kappa shape index (κ2) is 11.4. The molecule has 0 radical (unpaired) electrons. The number of aldehydes is 1. The number of hydrogen-bond acceptors (Lipinski definition) is 8. The summed E-state index contributed by atoms with van der Waals surface area (Å²) in [5.74, 6) is 0.0816. The molecule has 0 atom stereocenters. The summed E-state index contributed by atoms with van der Waals surface area (Å²) >= 11 is 0. The highest BCUT2D eigenvalue weighted by Gasteiger charge is 2.32. The van der Waals surface area contributed by atoms with Crippen molar-refractivity contribution in [2.75, 3.05) is 38.5 Å². The number of aromatic nitrogens is 1. The fourth-order valence-electron chi connectivity index (χ4n) is 3.42. The second-order valence-corrected chi connectivity index (χ2v) is 9.38. The average Bonchev–Trinajstić information content (AvgIpc) is 3.17. The van der Waals surface area contributed by atoms with Crippen LogP contribution in [-0.4, -0.2) is 54.0 Å². The Bertz CT molecular complexity index is 1240. The maximum atomic E-state index is 14.0. The van der Waals surface area contributed by atoms with Crippen LogP contribution in [0.1, 0.15) is 27.2 Å². The molecule has 0 unspecified atom stereocenters. The third kappa shape index (κ3) is 5.36. The zero-order chi connectivity index (χ0) is 24.7. The quantitative estimate of drug-likeness (QED) is 0.216. The Morgan fingerprint density at radius 2 is 1.79 bits per heavy atom. The van der Waals surface area contributed by atoms with Gasteiger partial charge in [0.1, 0.15) is 13.0 Å². The summed E-state index contributed by atoms with van der Waals surface area (Å²) < 4.78 is 50.3. The van der Waals surface area contributed by atoms with Gasteiger partial charge in [0.2, 0.25) is 5.88 Å². The number of nitrogens with zero attached hydrogens (tertiary/aromatic N) is 2. The Kier molecular flexibility index (Phi) is 8.56. The topological polar surface area (TPSA) is 108 Å². The lowest BCUT2D eigenvalue weighted by Gasteiger charge is -2.24. The van der Waals surface area contributed by atoms with Gasteiger partial charge in [-0.1, -0.05) is 35.5 Å². The molecule has 0 fully saturated rings. The van der Waals surface area contributed by atoms with Gasteiger partial charge in [0, 0.05) is 30.9 Å². The molecule has 9 nitrogen and oxygen atoms in total. The first-order valence-corrected chi connectivity index (χ1v) is 12.0. The molecule has 0 N–H and O–H groups in total. The molecule has 182 valence electrons. The SMILES string of the molecule is COCCOCN(c1onc(C)c1C)S(=O)(=O)c1ccccc1-c1ccc(C=O)cc1COC. The Labute approximate surface area is 199 Å². The smallest absolute Gasteiger partial charge is 0.269 e. The largest absolute Gasteiger partial charge is 0.382 e. The van der Waals surface area contributed by atoms with Crippen LogP contribution < -0.4 is 4.31 Å². The number of aryl methyl sites for hydroxylation is 1. The zero-order valence-corrected chi connectivity index (χ0v) is 20.4. The fourth-order valence-corrected chi connectivity index (χ4v) is 4.97. The van der Waals surface area contributed by atoms with E-state index in [4.69, 9.17) is 18.7 Å². The van der Waals surface area contributed by atoms with Gasteiger partial charge in [-0.2, -0.15) is 0 Å². The van der Waals surface area contributed by atoms with E-state index in [0.717, 1.165) is 10.6 Å². The average molecular weight is 489 g/mol. The van der Waals surface area contributed by atoms with Crippen molar-refractivity contribution in [3.05, 3.63) is 64.8 Å². The number of sulfonamides is 1. The van der Waals surface area contributed by atoms with E-state index in [0.29, 0.717) is 40.1 Å². The van der Waals surface area contributed by atoms with E-state index in [1.165, 1.54) is 20.3 Å². The van der Waals surface area contributed by atoms with Crippen LogP contribution in [0, 0.1) is 13.8 Å². The summed E-state index contributed by atoms with van der Waals surface area (Å²) in [5.41, 5.74) is 3.42. The van der Waals surface area contributed by atoms with Crippen LogP contribution in [0.2, 0.25) is 0 Å². The summed E-state index contributed by atoms with van der Waals surface area (Å²) in [6.45, 7) is 3.89. The molecule has 2 aromatic carbocycles. The number of rotatable bonds is 12. The van der Waals surface area contributed by atoms with Gasteiger partial charge in [0.25, 0.3) is 10.0 Å². The van der Waals surface area contributed by atoms with Gasteiger partial charge in [0.15, 0.2) is 0 Å². The molecule has 3 rings (SSSR count). The van der Waals surface area contributed by atoms with Gasteiger partial charge in [-0.05, 0) is 37.1 Å². The first-order valence-electron chi connectivity index (χ1n) is 10.5. The lowest BCUT2D eigenvalue weighted by atomic mass is 9.98. The summed E-state index contributed by atoms with van der Waals surface area (Å²) in [5, 5.41) is 3.92. The number of methoxy groups -OCH3 is 2. The predicted molar refractivity (Wildman–Crippen MR) is 126 cm³/mol. The van der Waals surface area contributed by atoms with E-state index in [-0.39, 0.29) is 30.7 Å². The lowest BCUT2D eigenvalue weighted by Crippen LogP contribution is -2.34. The van der Waals surface area contributed by atoms with Crippen molar-refractivity contribution < 1.29 is 31.9 Å². The highest BCUT2D eigenvalue weighted by molar-refractivity contribution is 7.93. The molecular formula is C24H28N2O7S. The molecule has 0 aliphatic rings. The second-order valence-electron chi connectivity index (χ2n) is 7.55. The van der Waals surface area contributed by atoms with Crippen LogP contribution in [0.15, 0.2) is 51.9 Å². The molecule has 3 aromatic rings. The highest BCUT2D eigenvalue weighted by Crippen LogP contribution is 2.35. The molecule has 1 aromatic heterocycles. The molecule has 0 aliphatic carbocycles. The lowest BCUT2D eigenvalue weighted by molar-refractivity contribution is 0.0744. The van der Waals surface area contributed by atoms with E-state index in [9.17, 15) is 13.2 Å². The van der Waals surface area contributed by atoms with E-state index in [1.807, 2.05) is 0 Å². The molecule has 10 heteroatoms. The number of anilines is 1. The van der Waals surface area contributed by atoms with Crippen LogP contribution in [0.5, 0.6) is 0 Å². The van der Waals surface area contributed by atoms with Gasteiger partial charge in [0.05, 0.1) is 30.4 Å². The van der Waals surface area contributed by atoms with Crippen LogP contribution in [0.4, 0.5) is 5.88 Å². The van der Waals surface area contributed by atoms with Crippen molar-refractivity contribution in [1.29, 1.82) is 0 Å². The standard InChI is InChI=1S/C24H28N2O7S/c1-17-18(2)25-33-24(17)26(16-32-12-11-30-3)34(28,29)23-8-6-5-7-22(23)21-10-9-19(14-27)13-20(21)15-31-4/h5-10,13-14H,11-12,15-16H2,1-4H3. The Balaban J connectivity index is 2.14. The third-order valence-electron chi connectivity index (χ3n) is 5.31. The summed E-state index contributed by atoms with van der Waals surface area (Å²) in [7, 11) is -1.08. The van der Waals surface area contributed by atoms with Crippen molar-refractivity contribution in [2.45, 2.75) is 25.3 Å². The maximum absolute atomic E-state index is 14.0. The number of carbonyl (C=O) groups excluding carboxylic acids is 1. The monoisotopic (exact) mass is 488 g/mol. The van der Waals surface area contributed by atoms with Gasteiger partial charge in [-0.15, -0.1) is 0 Å². The number of hydrogen-bond donors (Lipinski definition) is 0. The number of carbonyl (C=O) groups is 1. The van der Waals surface area contributed by atoms with Gasteiger partial charge < -0.3 is 18.7 Å². The first kappa shape index (κ1) is 25.6. The highest BCUT2D eigenvalue weighted by atomic mass is 32.2. The van der Waals surface area contributed by atoms with Crippen LogP contribution in [0.3, 0.4) is 0 Å². The third-order valence-corrected chi connectivity index (χ3v) is 7.07. The molecular weight excluding hydrogens is 460 g/mol. The van der Waals surface area contributed by atoms with Crippen LogP contribution in [0.25, 0.3) is 11.1 Å². The van der Waals surface area contributed by atoms with Gasteiger partial charge in [-0.25, -0.2) is 12.7 Å². The van der Waals surface area contributed by atoms with E-state index in [2.05, 4.69) is 5.16 Å². The van der Waals surface area contributed by atoms with E-state index in [1.54, 1.807) is 50.2 Å². The van der Waals surface area contributed by atoms with Crippen LogP contribution in [-0.2, 0) is 30.8 Å². The Morgan fingerprint density at radius 1 is 1.03 bits per heavy atom. The molecule has 0 saturated heterocycles. The van der Waals surface area contributed by atoms with Crippen molar-refractivity contribution in [2.24, 2.45) is 0 Å².